The van der Waals surface area contributed by atoms with Gasteiger partial charge in [-0.2, -0.15) is 5.23 Å². The zero-order valence-electron chi connectivity index (χ0n) is 10.7. The minimum atomic E-state index is -1.04. The number of phenolic OH excluding ortho intramolecular Hbond substituents is 1. The number of allylic oxidation sites excluding steroid dienone is 1. The molecule has 2 aromatic rings. The number of ether oxygens (including phenoxy) is 1. The second-order valence-corrected chi connectivity index (χ2v) is 4.55. The molecule has 6 heteroatoms. The first-order chi connectivity index (χ1) is 10.0. The molecule has 0 fully saturated rings. The van der Waals surface area contributed by atoms with Gasteiger partial charge in [0.25, 0.3) is 0 Å². The van der Waals surface area contributed by atoms with E-state index >= 15 is 0 Å². The minimum absolute atomic E-state index is 0.00988. The van der Waals surface area contributed by atoms with Crippen LogP contribution in [-0.4, -0.2) is 16.1 Å². The number of fused-ring (bicyclic) bond motifs is 1. The summed E-state index contributed by atoms with van der Waals surface area (Å²) in [5.41, 5.74) is 1.05. The van der Waals surface area contributed by atoms with Crippen LogP contribution in [0.25, 0.3) is 6.08 Å². The molecule has 21 heavy (non-hydrogen) atoms. The molecule has 2 aromatic carbocycles. The number of aromatic hydroxyl groups is 1. The zero-order chi connectivity index (χ0) is 15.0. The van der Waals surface area contributed by atoms with Gasteiger partial charge < -0.3 is 15.1 Å². The predicted octanol–water partition coefficient (Wildman–Crippen LogP) is 1.41. The summed E-state index contributed by atoms with van der Waals surface area (Å²) in [5.74, 6) is 0.0974. The Balaban J connectivity index is 1.96. The van der Waals surface area contributed by atoms with Crippen LogP contribution in [0, 0.1) is 5.21 Å². The van der Waals surface area contributed by atoms with Gasteiger partial charge >= 0.3 is 0 Å². The van der Waals surface area contributed by atoms with Crippen LogP contribution < -0.4 is 9.96 Å². The summed E-state index contributed by atoms with van der Waals surface area (Å²) in [7, 11) is 0. The number of Topliss-reactive ketones (excluding diaryl/α,β-unsaturated/α-hetero) is 1. The standard InChI is InChI=1S/C15H11NO5/c17-11-4-5-12-13(8-11)21-14(15(12)18)7-9-2-1-3-10(6-9)16(19)20/h1-8,16-17,19H. The molecule has 1 aliphatic heterocycles. The van der Waals surface area contributed by atoms with E-state index in [0.717, 1.165) is 0 Å². The fourth-order valence-corrected chi connectivity index (χ4v) is 2.09. The maximum absolute atomic E-state index is 12.1. The molecule has 0 spiro atoms. The highest BCUT2D eigenvalue weighted by Crippen LogP contribution is 2.34. The molecule has 1 atom stereocenters. The van der Waals surface area contributed by atoms with Crippen molar-refractivity contribution in [2.45, 2.75) is 0 Å². The van der Waals surface area contributed by atoms with Crippen molar-refractivity contribution in [1.29, 1.82) is 0 Å². The molecule has 0 aromatic heterocycles. The monoisotopic (exact) mass is 285 g/mol. The van der Waals surface area contributed by atoms with Gasteiger partial charge in [0.15, 0.2) is 11.4 Å². The van der Waals surface area contributed by atoms with Crippen LogP contribution in [0.1, 0.15) is 15.9 Å². The number of carbonyl (C=O) groups is 1. The number of carbonyl (C=O) groups excluding carboxylic acids is 1. The summed E-state index contributed by atoms with van der Waals surface area (Å²) in [5, 5.41) is 28.2. The van der Waals surface area contributed by atoms with Crippen molar-refractivity contribution in [1.82, 2.24) is 0 Å². The van der Waals surface area contributed by atoms with Crippen molar-refractivity contribution in [3.05, 3.63) is 64.6 Å². The highest BCUT2D eigenvalue weighted by atomic mass is 16.8. The average Bonchev–Trinajstić information content (AvgIpc) is 2.75. The Kier molecular flexibility index (Phi) is 3.19. The van der Waals surface area contributed by atoms with Gasteiger partial charge in [-0.15, -0.1) is 0 Å². The molecule has 3 rings (SSSR count). The molecule has 6 nitrogen and oxygen atoms in total. The van der Waals surface area contributed by atoms with Crippen LogP contribution in [-0.2, 0) is 0 Å². The van der Waals surface area contributed by atoms with Crippen LogP contribution in [0.15, 0.2) is 48.2 Å². The smallest absolute Gasteiger partial charge is 0.231 e. The molecule has 0 bridgehead atoms. The molecule has 1 aliphatic rings. The van der Waals surface area contributed by atoms with E-state index in [4.69, 9.17) is 9.94 Å². The largest absolute Gasteiger partial charge is 0.595 e. The third-order valence-corrected chi connectivity index (χ3v) is 3.08. The van der Waals surface area contributed by atoms with Crippen LogP contribution in [0.4, 0.5) is 5.69 Å². The van der Waals surface area contributed by atoms with E-state index in [1.54, 1.807) is 12.1 Å². The topological polar surface area (TPSA) is 94.3 Å². The third kappa shape index (κ3) is 2.50. The summed E-state index contributed by atoms with van der Waals surface area (Å²) < 4.78 is 5.41. The fraction of sp³-hybridized carbons (Fsp3) is 0. The van der Waals surface area contributed by atoms with Crippen LogP contribution in [0.2, 0.25) is 0 Å². The van der Waals surface area contributed by atoms with Crippen LogP contribution in [0.5, 0.6) is 11.5 Å². The third-order valence-electron chi connectivity index (χ3n) is 3.08. The Labute approximate surface area is 119 Å². The molecule has 0 amide bonds. The number of ketones is 1. The van der Waals surface area contributed by atoms with Crippen LogP contribution >= 0.6 is 0 Å². The lowest BCUT2D eigenvalue weighted by atomic mass is 10.1. The first-order valence-electron chi connectivity index (χ1n) is 6.15. The SMILES string of the molecule is O=C1C(=Cc2cccc([NH+]([O-])O)c2)Oc2cc(O)ccc21. The van der Waals surface area contributed by atoms with E-state index in [1.807, 2.05) is 0 Å². The second kappa shape index (κ2) is 5.02. The summed E-state index contributed by atoms with van der Waals surface area (Å²) in [6.07, 6.45) is 1.48. The lowest BCUT2D eigenvalue weighted by molar-refractivity contribution is -0.991. The Morgan fingerprint density at radius 1 is 1.19 bits per heavy atom. The molecule has 0 saturated heterocycles. The number of hydrogen-bond donors (Lipinski definition) is 3. The maximum atomic E-state index is 12.1. The quantitative estimate of drug-likeness (QED) is 0.573. The van der Waals surface area contributed by atoms with Gasteiger partial charge in [0, 0.05) is 18.2 Å². The minimum Gasteiger partial charge on any atom is -0.595 e. The van der Waals surface area contributed by atoms with Gasteiger partial charge in [0.2, 0.25) is 5.78 Å². The average molecular weight is 285 g/mol. The lowest BCUT2D eigenvalue weighted by Crippen LogP contribution is -2.99. The van der Waals surface area contributed by atoms with Crippen molar-refractivity contribution in [2.75, 3.05) is 0 Å². The molecule has 1 unspecified atom stereocenters. The van der Waals surface area contributed by atoms with E-state index in [9.17, 15) is 15.1 Å². The van der Waals surface area contributed by atoms with E-state index in [1.165, 1.54) is 36.4 Å². The number of benzene rings is 2. The molecule has 0 radical (unpaired) electrons. The Morgan fingerprint density at radius 2 is 2.00 bits per heavy atom. The molecular weight excluding hydrogens is 274 g/mol. The van der Waals surface area contributed by atoms with Crippen molar-refractivity contribution < 1.29 is 25.1 Å². The normalized spacial score (nSPS) is 16.7. The number of quaternary nitrogens is 1. The molecule has 3 N–H and O–H groups in total. The number of phenols is 1. The zero-order valence-corrected chi connectivity index (χ0v) is 10.7. The number of rotatable bonds is 2. The van der Waals surface area contributed by atoms with Gasteiger partial charge in [-0.25, -0.2) is 5.21 Å². The van der Waals surface area contributed by atoms with E-state index in [2.05, 4.69) is 0 Å². The molecule has 106 valence electrons. The Hall–Kier alpha value is -2.67. The second-order valence-electron chi connectivity index (χ2n) is 4.55. The summed E-state index contributed by atoms with van der Waals surface area (Å²) in [6.45, 7) is 0. The van der Waals surface area contributed by atoms with Crippen molar-refractivity contribution >= 4 is 17.5 Å². The Morgan fingerprint density at radius 3 is 2.76 bits per heavy atom. The lowest BCUT2D eigenvalue weighted by Gasteiger charge is -2.11. The first-order valence-corrected chi connectivity index (χ1v) is 6.15. The Bertz CT molecular complexity index is 751. The van der Waals surface area contributed by atoms with Crippen molar-refractivity contribution in [3.8, 4) is 11.5 Å². The fourth-order valence-electron chi connectivity index (χ4n) is 2.09. The molecule has 0 saturated carbocycles. The number of nitrogens with one attached hydrogen (secondary N) is 1. The summed E-state index contributed by atoms with van der Waals surface area (Å²) in [4.78, 5) is 12.1. The highest BCUT2D eigenvalue weighted by molar-refractivity contribution is 6.14. The van der Waals surface area contributed by atoms with Gasteiger partial charge in [0.1, 0.15) is 11.5 Å². The number of hydrogen-bond acceptors (Lipinski definition) is 5. The van der Waals surface area contributed by atoms with E-state index in [0.29, 0.717) is 16.9 Å². The molecular formula is C15H11NO5. The van der Waals surface area contributed by atoms with Crippen molar-refractivity contribution in [3.63, 3.8) is 0 Å². The van der Waals surface area contributed by atoms with Gasteiger partial charge in [0.05, 0.1) is 5.56 Å². The molecule has 0 aliphatic carbocycles. The summed E-state index contributed by atoms with van der Waals surface area (Å²) in [6, 6.07) is 10.4. The first kappa shape index (κ1) is 13.3. The maximum Gasteiger partial charge on any atom is 0.231 e. The van der Waals surface area contributed by atoms with E-state index in [-0.39, 0.29) is 23.0 Å². The van der Waals surface area contributed by atoms with E-state index < -0.39 is 5.23 Å². The van der Waals surface area contributed by atoms with Crippen molar-refractivity contribution in [2.24, 2.45) is 0 Å². The predicted molar refractivity (Wildman–Crippen MR) is 73.3 cm³/mol. The highest BCUT2D eigenvalue weighted by Gasteiger charge is 2.27. The molecule has 1 heterocycles. The van der Waals surface area contributed by atoms with Gasteiger partial charge in [-0.1, -0.05) is 12.1 Å². The van der Waals surface area contributed by atoms with Gasteiger partial charge in [-0.3, -0.25) is 4.79 Å². The van der Waals surface area contributed by atoms with Crippen LogP contribution in [0.3, 0.4) is 0 Å². The van der Waals surface area contributed by atoms with Gasteiger partial charge in [-0.05, 0) is 23.8 Å². The summed E-state index contributed by atoms with van der Waals surface area (Å²) >= 11 is 0.